The van der Waals surface area contributed by atoms with E-state index in [0.717, 1.165) is 16.8 Å². The average Bonchev–Trinajstić information content (AvgIpc) is 2.81. The molecule has 0 atom stereocenters. The van der Waals surface area contributed by atoms with Crippen molar-refractivity contribution in [1.82, 2.24) is 9.80 Å². The van der Waals surface area contributed by atoms with Gasteiger partial charge < -0.3 is 29.3 Å². The van der Waals surface area contributed by atoms with E-state index < -0.39 is 0 Å². The van der Waals surface area contributed by atoms with Crippen molar-refractivity contribution in [2.45, 2.75) is 6.92 Å². The van der Waals surface area contributed by atoms with Crippen molar-refractivity contribution in [1.29, 1.82) is 0 Å². The zero-order valence-electron chi connectivity index (χ0n) is 18.9. The van der Waals surface area contributed by atoms with E-state index in [1.54, 1.807) is 49.3 Å². The summed E-state index contributed by atoms with van der Waals surface area (Å²) >= 11 is 0. The number of piperazine rings is 1. The molecule has 0 unspecified atom stereocenters. The maximum absolute atomic E-state index is 12.6. The van der Waals surface area contributed by atoms with Crippen LogP contribution in [0.1, 0.15) is 11.1 Å². The highest BCUT2D eigenvalue weighted by atomic mass is 16.5. The zero-order valence-corrected chi connectivity index (χ0v) is 18.9. The van der Waals surface area contributed by atoms with Crippen LogP contribution in [0.5, 0.6) is 17.2 Å². The normalized spacial score (nSPS) is 13.8. The third-order valence-electron chi connectivity index (χ3n) is 5.25. The number of urea groups is 1. The van der Waals surface area contributed by atoms with Crippen LogP contribution in [-0.2, 0) is 4.79 Å². The number of carbonyl (C=O) groups is 2. The van der Waals surface area contributed by atoms with Crippen molar-refractivity contribution in [2.24, 2.45) is 0 Å². The highest BCUT2D eigenvalue weighted by Crippen LogP contribution is 2.38. The summed E-state index contributed by atoms with van der Waals surface area (Å²) in [6.45, 7) is 3.87. The molecule has 8 heteroatoms. The molecule has 3 amide bonds. The molecule has 1 heterocycles. The Morgan fingerprint density at radius 1 is 0.906 bits per heavy atom. The number of methoxy groups -OCH3 is 3. The van der Waals surface area contributed by atoms with Gasteiger partial charge in [0.2, 0.25) is 11.7 Å². The van der Waals surface area contributed by atoms with Crippen LogP contribution in [0.2, 0.25) is 0 Å². The largest absolute Gasteiger partial charge is 0.493 e. The van der Waals surface area contributed by atoms with Gasteiger partial charge in [0.05, 0.1) is 21.3 Å². The van der Waals surface area contributed by atoms with E-state index in [-0.39, 0.29) is 11.9 Å². The monoisotopic (exact) mass is 439 g/mol. The number of hydrogen-bond acceptors (Lipinski definition) is 5. The molecule has 0 radical (unpaired) electrons. The molecular formula is C24H29N3O5. The number of aryl methyl sites for hydroxylation is 1. The second-order valence-corrected chi connectivity index (χ2v) is 7.40. The van der Waals surface area contributed by atoms with E-state index in [9.17, 15) is 9.59 Å². The maximum atomic E-state index is 12.6. The van der Waals surface area contributed by atoms with Crippen LogP contribution in [-0.4, -0.2) is 69.2 Å². The minimum atomic E-state index is -0.157. The van der Waals surface area contributed by atoms with Crippen LogP contribution in [0.15, 0.2) is 42.5 Å². The summed E-state index contributed by atoms with van der Waals surface area (Å²) in [5.74, 6) is 1.43. The van der Waals surface area contributed by atoms with Gasteiger partial charge in [-0.25, -0.2) is 4.79 Å². The van der Waals surface area contributed by atoms with Gasteiger partial charge in [0, 0.05) is 37.9 Å². The highest BCUT2D eigenvalue weighted by Gasteiger charge is 2.23. The molecule has 1 saturated heterocycles. The number of rotatable bonds is 6. The molecule has 0 aliphatic carbocycles. The Bertz CT molecular complexity index is 972. The van der Waals surface area contributed by atoms with Crippen molar-refractivity contribution in [2.75, 3.05) is 52.8 Å². The number of carbonyl (C=O) groups excluding carboxylic acids is 2. The molecule has 2 aromatic carbocycles. The highest BCUT2D eigenvalue weighted by molar-refractivity contribution is 5.93. The van der Waals surface area contributed by atoms with Crippen molar-refractivity contribution in [3.05, 3.63) is 53.6 Å². The molecule has 1 aliphatic heterocycles. The summed E-state index contributed by atoms with van der Waals surface area (Å²) in [5.41, 5.74) is 2.60. The maximum Gasteiger partial charge on any atom is 0.321 e. The fourth-order valence-corrected chi connectivity index (χ4v) is 3.53. The molecule has 8 nitrogen and oxygen atoms in total. The molecule has 0 aromatic heterocycles. The van der Waals surface area contributed by atoms with E-state index in [4.69, 9.17) is 14.2 Å². The standard InChI is InChI=1S/C24H29N3O5/c1-17-6-5-7-19(14-17)25-24(29)27-12-10-26(11-13-27)22(28)9-8-18-15-20(30-2)23(32-4)21(16-18)31-3/h5-9,14-16H,10-13H2,1-4H3,(H,25,29)/b9-8+. The first-order chi connectivity index (χ1) is 15.4. The van der Waals surface area contributed by atoms with Crippen molar-refractivity contribution < 1.29 is 23.8 Å². The summed E-state index contributed by atoms with van der Waals surface area (Å²) in [4.78, 5) is 28.6. The molecule has 0 saturated carbocycles. The smallest absolute Gasteiger partial charge is 0.321 e. The van der Waals surface area contributed by atoms with Gasteiger partial charge in [0.1, 0.15) is 0 Å². The number of ether oxygens (including phenoxy) is 3. The van der Waals surface area contributed by atoms with Gasteiger partial charge in [0.25, 0.3) is 0 Å². The van der Waals surface area contributed by atoms with Crippen LogP contribution < -0.4 is 19.5 Å². The first-order valence-electron chi connectivity index (χ1n) is 10.3. The lowest BCUT2D eigenvalue weighted by molar-refractivity contribution is -0.127. The van der Waals surface area contributed by atoms with E-state index in [2.05, 4.69) is 5.32 Å². The predicted molar refractivity (Wildman–Crippen MR) is 123 cm³/mol. The summed E-state index contributed by atoms with van der Waals surface area (Å²) in [6, 6.07) is 11.1. The molecule has 1 aliphatic rings. The Morgan fingerprint density at radius 2 is 1.53 bits per heavy atom. The molecule has 0 spiro atoms. The Hall–Kier alpha value is -3.68. The lowest BCUT2D eigenvalue weighted by Crippen LogP contribution is -2.51. The van der Waals surface area contributed by atoms with E-state index >= 15 is 0 Å². The summed E-state index contributed by atoms with van der Waals surface area (Å²) in [5, 5.41) is 2.91. The van der Waals surface area contributed by atoms with Gasteiger partial charge in [-0.15, -0.1) is 0 Å². The van der Waals surface area contributed by atoms with Gasteiger partial charge in [-0.05, 0) is 48.4 Å². The Morgan fingerprint density at radius 3 is 2.09 bits per heavy atom. The lowest BCUT2D eigenvalue weighted by Gasteiger charge is -2.34. The van der Waals surface area contributed by atoms with Gasteiger partial charge in [-0.1, -0.05) is 12.1 Å². The fourth-order valence-electron chi connectivity index (χ4n) is 3.53. The first-order valence-corrected chi connectivity index (χ1v) is 10.3. The molecule has 0 bridgehead atoms. The summed E-state index contributed by atoms with van der Waals surface area (Å²) < 4.78 is 16.0. The number of nitrogens with one attached hydrogen (secondary N) is 1. The van der Waals surface area contributed by atoms with Crippen molar-refractivity contribution in [3.8, 4) is 17.2 Å². The summed E-state index contributed by atoms with van der Waals surface area (Å²) in [6.07, 6.45) is 3.23. The van der Waals surface area contributed by atoms with Crippen LogP contribution >= 0.6 is 0 Å². The summed E-state index contributed by atoms with van der Waals surface area (Å²) in [7, 11) is 4.63. The predicted octanol–water partition coefficient (Wildman–Crippen LogP) is 3.41. The third kappa shape index (κ3) is 5.51. The molecule has 1 N–H and O–H groups in total. The molecule has 3 rings (SSSR count). The van der Waals surface area contributed by atoms with Crippen LogP contribution in [0.4, 0.5) is 10.5 Å². The van der Waals surface area contributed by atoms with Crippen molar-refractivity contribution in [3.63, 3.8) is 0 Å². The minimum Gasteiger partial charge on any atom is -0.493 e. The molecular weight excluding hydrogens is 410 g/mol. The van der Waals surface area contributed by atoms with Gasteiger partial charge >= 0.3 is 6.03 Å². The molecule has 2 aromatic rings. The lowest BCUT2D eigenvalue weighted by atomic mass is 10.1. The second-order valence-electron chi connectivity index (χ2n) is 7.40. The van der Waals surface area contributed by atoms with Gasteiger partial charge in [-0.2, -0.15) is 0 Å². The molecule has 1 fully saturated rings. The quantitative estimate of drug-likeness (QED) is 0.698. The van der Waals surface area contributed by atoms with Crippen molar-refractivity contribution >= 4 is 23.7 Å². The van der Waals surface area contributed by atoms with Crippen LogP contribution in [0.3, 0.4) is 0 Å². The Balaban J connectivity index is 1.57. The Kier molecular flexibility index (Phi) is 7.59. The fraction of sp³-hybridized carbons (Fsp3) is 0.333. The minimum absolute atomic E-state index is 0.113. The number of anilines is 1. The van der Waals surface area contributed by atoms with E-state index in [0.29, 0.717) is 43.4 Å². The molecule has 170 valence electrons. The number of amides is 3. The zero-order chi connectivity index (χ0) is 23.1. The van der Waals surface area contributed by atoms with Crippen LogP contribution in [0, 0.1) is 6.92 Å². The van der Waals surface area contributed by atoms with Gasteiger partial charge in [0.15, 0.2) is 11.5 Å². The van der Waals surface area contributed by atoms with Crippen LogP contribution in [0.25, 0.3) is 6.08 Å². The number of hydrogen-bond donors (Lipinski definition) is 1. The third-order valence-corrected chi connectivity index (χ3v) is 5.25. The van der Waals surface area contributed by atoms with Gasteiger partial charge in [-0.3, -0.25) is 4.79 Å². The average molecular weight is 440 g/mol. The van der Waals surface area contributed by atoms with E-state index in [1.807, 2.05) is 31.2 Å². The number of nitrogens with zero attached hydrogens (tertiary/aromatic N) is 2. The first kappa shape index (κ1) is 23.0. The van der Waals surface area contributed by atoms with E-state index in [1.165, 1.54) is 6.08 Å². The second kappa shape index (κ2) is 10.6. The molecule has 32 heavy (non-hydrogen) atoms. The topological polar surface area (TPSA) is 80.3 Å². The Labute approximate surface area is 188 Å². The number of benzene rings is 2. The SMILES string of the molecule is COc1cc(/C=C/C(=O)N2CCN(C(=O)Nc3cccc(C)c3)CC2)cc(OC)c1OC.